The van der Waals surface area contributed by atoms with E-state index in [0.29, 0.717) is 23.8 Å². The highest BCUT2D eigenvalue weighted by atomic mass is 32.2. The quantitative estimate of drug-likeness (QED) is 0.633. The van der Waals surface area contributed by atoms with E-state index in [1.165, 1.54) is 11.8 Å². The number of carbonyl (C=O) groups is 1. The number of benzene rings is 1. The van der Waals surface area contributed by atoms with Crippen molar-refractivity contribution < 1.29 is 9.63 Å². The molecule has 0 aromatic heterocycles. The number of nitrogens with one attached hydrogen (secondary N) is 1. The molecule has 0 aliphatic carbocycles. The summed E-state index contributed by atoms with van der Waals surface area (Å²) in [6.45, 7) is 4.48. The van der Waals surface area contributed by atoms with Crippen LogP contribution < -0.4 is 5.48 Å². The minimum Gasteiger partial charge on any atom is -0.273 e. The normalized spacial score (nSPS) is 10.1. The number of amides is 1. The Morgan fingerprint density at radius 2 is 2.22 bits per heavy atom. The molecule has 1 N–H and O–H groups in total. The highest BCUT2D eigenvalue weighted by molar-refractivity contribution is 7.99. The fourth-order valence-corrected chi connectivity index (χ4v) is 1.93. The predicted molar refractivity (Wildman–Crippen MR) is 71.0 cm³/mol. The van der Waals surface area contributed by atoms with Gasteiger partial charge in [-0.1, -0.05) is 26.0 Å². The standard InChI is InChI=1S/C13H16N2O2S/c1-10(2)9-17-15-13(16)11-5-3-4-6-12(11)18-8-7-14/h3-6,10H,8-9H2,1-2H3,(H,15,16). The maximum atomic E-state index is 11.9. The van der Waals surface area contributed by atoms with E-state index in [0.717, 1.165) is 4.90 Å². The second kappa shape index (κ2) is 7.75. The molecule has 0 saturated carbocycles. The van der Waals surface area contributed by atoms with Crippen LogP contribution in [0.1, 0.15) is 24.2 Å². The van der Waals surface area contributed by atoms with E-state index in [1.54, 1.807) is 12.1 Å². The van der Waals surface area contributed by atoms with Crippen LogP contribution in [0.25, 0.3) is 0 Å². The number of rotatable bonds is 6. The van der Waals surface area contributed by atoms with E-state index in [9.17, 15) is 4.79 Å². The third-order valence-electron chi connectivity index (χ3n) is 2.01. The fraction of sp³-hybridized carbons (Fsp3) is 0.385. The van der Waals surface area contributed by atoms with Crippen molar-refractivity contribution in [1.82, 2.24) is 5.48 Å². The fourth-order valence-electron chi connectivity index (χ4n) is 1.22. The van der Waals surface area contributed by atoms with Gasteiger partial charge in [-0.2, -0.15) is 5.26 Å². The van der Waals surface area contributed by atoms with Gasteiger partial charge in [0.2, 0.25) is 0 Å². The number of thioether (sulfide) groups is 1. The molecule has 0 bridgehead atoms. The van der Waals surface area contributed by atoms with Gasteiger partial charge in [0.1, 0.15) is 0 Å². The van der Waals surface area contributed by atoms with Gasteiger partial charge in [0.05, 0.1) is 24.0 Å². The summed E-state index contributed by atoms with van der Waals surface area (Å²) in [6.07, 6.45) is 0. The summed E-state index contributed by atoms with van der Waals surface area (Å²) < 4.78 is 0. The van der Waals surface area contributed by atoms with Crippen LogP contribution >= 0.6 is 11.8 Å². The average molecular weight is 264 g/mol. The molecular weight excluding hydrogens is 248 g/mol. The van der Waals surface area contributed by atoms with Crippen LogP contribution in [0.15, 0.2) is 29.2 Å². The van der Waals surface area contributed by atoms with Gasteiger partial charge >= 0.3 is 0 Å². The van der Waals surface area contributed by atoms with Gasteiger partial charge in [-0.3, -0.25) is 9.63 Å². The molecule has 18 heavy (non-hydrogen) atoms. The van der Waals surface area contributed by atoms with E-state index in [-0.39, 0.29) is 5.91 Å². The van der Waals surface area contributed by atoms with Gasteiger partial charge in [0.25, 0.3) is 5.91 Å². The molecule has 0 aliphatic rings. The van der Waals surface area contributed by atoms with Gasteiger partial charge in [0.15, 0.2) is 0 Å². The first-order valence-electron chi connectivity index (χ1n) is 5.66. The lowest BCUT2D eigenvalue weighted by Gasteiger charge is -2.10. The molecule has 0 heterocycles. The Bertz CT molecular complexity index is 441. The van der Waals surface area contributed by atoms with E-state index in [4.69, 9.17) is 10.1 Å². The second-order valence-electron chi connectivity index (χ2n) is 4.08. The van der Waals surface area contributed by atoms with Gasteiger partial charge < -0.3 is 0 Å². The summed E-state index contributed by atoms with van der Waals surface area (Å²) in [5.74, 6) is 0.391. The molecule has 0 atom stereocenters. The number of nitrogens with zero attached hydrogens (tertiary/aromatic N) is 1. The molecule has 96 valence electrons. The smallest absolute Gasteiger partial charge is 0.273 e. The topological polar surface area (TPSA) is 62.1 Å². The number of hydrogen-bond acceptors (Lipinski definition) is 4. The van der Waals surface area contributed by atoms with Crippen molar-refractivity contribution in [3.05, 3.63) is 29.8 Å². The van der Waals surface area contributed by atoms with Crippen molar-refractivity contribution in [3.8, 4) is 6.07 Å². The summed E-state index contributed by atoms with van der Waals surface area (Å²) >= 11 is 1.34. The second-order valence-corrected chi connectivity index (χ2v) is 5.10. The Morgan fingerprint density at radius 3 is 2.89 bits per heavy atom. The third kappa shape index (κ3) is 4.78. The van der Waals surface area contributed by atoms with Crippen molar-refractivity contribution in [2.45, 2.75) is 18.7 Å². The van der Waals surface area contributed by atoms with Crippen molar-refractivity contribution in [2.24, 2.45) is 5.92 Å². The van der Waals surface area contributed by atoms with Gasteiger partial charge in [0, 0.05) is 4.90 Å². The van der Waals surface area contributed by atoms with Crippen molar-refractivity contribution in [3.63, 3.8) is 0 Å². The Balaban J connectivity index is 2.64. The third-order valence-corrected chi connectivity index (χ3v) is 2.95. The lowest BCUT2D eigenvalue weighted by Crippen LogP contribution is -2.26. The zero-order chi connectivity index (χ0) is 13.4. The Hall–Kier alpha value is -1.51. The summed E-state index contributed by atoms with van der Waals surface area (Å²) in [6, 6.07) is 9.20. The first kappa shape index (κ1) is 14.6. The Morgan fingerprint density at radius 1 is 1.50 bits per heavy atom. The first-order valence-corrected chi connectivity index (χ1v) is 6.64. The highest BCUT2D eigenvalue weighted by Crippen LogP contribution is 2.22. The summed E-state index contributed by atoms with van der Waals surface area (Å²) in [7, 11) is 0. The minimum absolute atomic E-state index is 0.281. The van der Waals surface area contributed by atoms with Crippen LogP contribution in [0.5, 0.6) is 0 Å². The molecular formula is C13H16N2O2S. The minimum atomic E-state index is -0.281. The molecule has 4 nitrogen and oxygen atoms in total. The van der Waals surface area contributed by atoms with E-state index < -0.39 is 0 Å². The molecule has 0 fully saturated rings. The number of hydroxylamine groups is 1. The molecule has 1 aromatic rings. The molecule has 0 unspecified atom stereocenters. The molecule has 0 spiro atoms. The molecule has 5 heteroatoms. The van der Waals surface area contributed by atoms with Gasteiger partial charge in [-0.05, 0) is 18.1 Å². The van der Waals surface area contributed by atoms with Gasteiger partial charge in [-0.25, -0.2) is 5.48 Å². The summed E-state index contributed by atoms with van der Waals surface area (Å²) in [5, 5.41) is 8.56. The number of nitriles is 1. The average Bonchev–Trinajstić information content (AvgIpc) is 2.36. The summed E-state index contributed by atoms with van der Waals surface area (Å²) in [5.41, 5.74) is 2.94. The van der Waals surface area contributed by atoms with Gasteiger partial charge in [-0.15, -0.1) is 11.8 Å². The van der Waals surface area contributed by atoms with Crippen LogP contribution in [0.3, 0.4) is 0 Å². The van der Waals surface area contributed by atoms with Crippen molar-refractivity contribution >= 4 is 17.7 Å². The van der Waals surface area contributed by atoms with Crippen molar-refractivity contribution in [2.75, 3.05) is 12.4 Å². The SMILES string of the molecule is CC(C)CONC(=O)c1ccccc1SCC#N. The van der Waals surface area contributed by atoms with E-state index >= 15 is 0 Å². The monoisotopic (exact) mass is 264 g/mol. The van der Waals surface area contributed by atoms with Crippen LogP contribution in [0.2, 0.25) is 0 Å². The van der Waals surface area contributed by atoms with E-state index in [1.807, 2.05) is 32.0 Å². The first-order chi connectivity index (χ1) is 8.65. The largest absolute Gasteiger partial charge is 0.275 e. The number of hydrogen-bond donors (Lipinski definition) is 1. The molecule has 0 saturated heterocycles. The zero-order valence-corrected chi connectivity index (χ0v) is 11.3. The van der Waals surface area contributed by atoms with Crippen LogP contribution in [0, 0.1) is 17.2 Å². The lowest BCUT2D eigenvalue weighted by atomic mass is 10.2. The van der Waals surface area contributed by atoms with Crippen LogP contribution in [-0.2, 0) is 4.84 Å². The summed E-state index contributed by atoms with van der Waals surface area (Å²) in [4.78, 5) is 17.8. The lowest BCUT2D eigenvalue weighted by molar-refractivity contribution is 0.0206. The van der Waals surface area contributed by atoms with Crippen LogP contribution in [-0.4, -0.2) is 18.3 Å². The Kier molecular flexibility index (Phi) is 6.26. The van der Waals surface area contributed by atoms with E-state index in [2.05, 4.69) is 5.48 Å². The highest BCUT2D eigenvalue weighted by Gasteiger charge is 2.11. The predicted octanol–water partition coefficient (Wildman–Crippen LogP) is 2.62. The molecule has 0 radical (unpaired) electrons. The maximum absolute atomic E-state index is 11.9. The van der Waals surface area contributed by atoms with Crippen molar-refractivity contribution in [1.29, 1.82) is 5.26 Å². The zero-order valence-electron chi connectivity index (χ0n) is 10.5. The number of carbonyl (C=O) groups excluding carboxylic acids is 1. The molecule has 0 aliphatic heterocycles. The molecule has 1 aromatic carbocycles. The Labute approximate surface area is 111 Å². The maximum Gasteiger partial charge on any atom is 0.275 e. The molecule has 1 amide bonds. The molecule has 1 rings (SSSR count). The van der Waals surface area contributed by atoms with Crippen LogP contribution in [0.4, 0.5) is 0 Å².